The third-order valence-corrected chi connectivity index (χ3v) is 4.93. The predicted octanol–water partition coefficient (Wildman–Crippen LogP) is 3.75. The molecule has 1 fully saturated rings. The quantitative estimate of drug-likeness (QED) is 0.920. The van der Waals surface area contributed by atoms with E-state index in [-0.39, 0.29) is 18.0 Å². The minimum absolute atomic E-state index is 0.139. The molecule has 0 atom stereocenters. The van der Waals surface area contributed by atoms with Crippen molar-refractivity contribution in [2.24, 2.45) is 17.1 Å². The molecule has 0 bridgehead atoms. The first-order chi connectivity index (χ1) is 9.47. The summed E-state index contributed by atoms with van der Waals surface area (Å²) in [6.45, 7) is 2.60. The molecule has 0 radical (unpaired) electrons. The molecule has 1 saturated carbocycles. The van der Waals surface area contributed by atoms with Gasteiger partial charge in [-0.25, -0.2) is 4.39 Å². The Kier molecular flexibility index (Phi) is 4.82. The van der Waals surface area contributed by atoms with Crippen LogP contribution in [0.5, 0.6) is 0 Å². The molecular weight excluding hydrogens is 277 g/mol. The van der Waals surface area contributed by atoms with E-state index in [1.807, 2.05) is 0 Å². The van der Waals surface area contributed by atoms with Gasteiger partial charge in [0.05, 0.1) is 0 Å². The Balaban J connectivity index is 2.13. The summed E-state index contributed by atoms with van der Waals surface area (Å²) in [6.07, 6.45) is 4.02. The lowest BCUT2D eigenvalue weighted by molar-refractivity contribution is -0.129. The Hall–Kier alpha value is -0.930. The fraction of sp³-hybridized carbons (Fsp3) is 0.562. The Morgan fingerprint density at radius 3 is 2.65 bits per heavy atom. The van der Waals surface area contributed by atoms with Crippen LogP contribution >= 0.6 is 11.6 Å². The van der Waals surface area contributed by atoms with E-state index < -0.39 is 5.41 Å². The molecule has 2 N–H and O–H groups in total. The number of rotatable bonds is 4. The van der Waals surface area contributed by atoms with Crippen LogP contribution in [0.4, 0.5) is 4.39 Å². The second-order valence-corrected chi connectivity index (χ2v) is 6.41. The third-order valence-electron chi connectivity index (χ3n) is 4.58. The second kappa shape index (κ2) is 6.23. The van der Waals surface area contributed by atoms with Crippen molar-refractivity contribution in [3.63, 3.8) is 0 Å². The number of nitrogens with two attached hydrogens (primary N) is 1. The van der Waals surface area contributed by atoms with Crippen molar-refractivity contribution in [2.45, 2.75) is 39.0 Å². The van der Waals surface area contributed by atoms with Crippen LogP contribution in [-0.4, -0.2) is 12.3 Å². The molecule has 4 heteroatoms. The highest BCUT2D eigenvalue weighted by atomic mass is 35.5. The highest BCUT2D eigenvalue weighted by Gasteiger charge is 2.39. The van der Waals surface area contributed by atoms with Gasteiger partial charge in [-0.2, -0.15) is 0 Å². The molecule has 0 heterocycles. The van der Waals surface area contributed by atoms with Gasteiger partial charge in [-0.3, -0.25) is 4.79 Å². The molecule has 1 aromatic carbocycles. The summed E-state index contributed by atoms with van der Waals surface area (Å²) in [4.78, 5) is 12.6. The lowest BCUT2D eigenvalue weighted by Crippen LogP contribution is -2.42. The molecule has 0 spiro atoms. The molecule has 110 valence electrons. The smallest absolute Gasteiger partial charge is 0.144 e. The van der Waals surface area contributed by atoms with Crippen LogP contribution in [0, 0.1) is 17.2 Å². The number of hydrogen-bond donors (Lipinski definition) is 1. The van der Waals surface area contributed by atoms with Crippen molar-refractivity contribution in [1.82, 2.24) is 0 Å². The van der Waals surface area contributed by atoms with Gasteiger partial charge in [0.1, 0.15) is 11.6 Å². The molecule has 0 aliphatic heterocycles. The average Bonchev–Trinajstić information content (AvgIpc) is 2.43. The lowest BCUT2D eigenvalue weighted by atomic mass is 9.67. The second-order valence-electron chi connectivity index (χ2n) is 6.00. The minimum Gasteiger partial charge on any atom is -0.329 e. The van der Waals surface area contributed by atoms with Gasteiger partial charge in [-0.15, -0.1) is 0 Å². The lowest BCUT2D eigenvalue weighted by Gasteiger charge is -2.37. The molecule has 0 saturated heterocycles. The predicted molar refractivity (Wildman–Crippen MR) is 79.2 cm³/mol. The van der Waals surface area contributed by atoms with E-state index in [4.69, 9.17) is 17.3 Å². The molecule has 1 aliphatic carbocycles. The zero-order chi connectivity index (χ0) is 14.8. The summed E-state index contributed by atoms with van der Waals surface area (Å²) < 4.78 is 13.0. The van der Waals surface area contributed by atoms with Gasteiger partial charge in [0, 0.05) is 23.4 Å². The van der Waals surface area contributed by atoms with E-state index in [2.05, 4.69) is 6.92 Å². The van der Waals surface area contributed by atoms with Crippen LogP contribution < -0.4 is 5.73 Å². The number of carbonyl (C=O) groups is 1. The summed E-state index contributed by atoms with van der Waals surface area (Å²) in [7, 11) is 0. The molecule has 0 aromatic heterocycles. The van der Waals surface area contributed by atoms with Crippen molar-refractivity contribution in [3.8, 4) is 0 Å². The maximum absolute atomic E-state index is 13.0. The topological polar surface area (TPSA) is 43.1 Å². The number of Topliss-reactive ketones (excluding diaryl/α,β-unsaturated/α-hetero) is 1. The van der Waals surface area contributed by atoms with Gasteiger partial charge >= 0.3 is 0 Å². The van der Waals surface area contributed by atoms with Crippen LogP contribution in [0.2, 0.25) is 5.02 Å². The van der Waals surface area contributed by atoms with E-state index in [0.717, 1.165) is 25.7 Å². The number of carbonyl (C=O) groups excluding carboxylic acids is 1. The number of ketones is 1. The maximum atomic E-state index is 13.0. The van der Waals surface area contributed by atoms with Gasteiger partial charge in [-0.1, -0.05) is 24.6 Å². The van der Waals surface area contributed by atoms with Gasteiger partial charge < -0.3 is 5.73 Å². The molecule has 1 aromatic rings. The number of hydrogen-bond acceptors (Lipinski definition) is 2. The normalized spacial score (nSPS) is 26.5. The highest BCUT2D eigenvalue weighted by Crippen LogP contribution is 2.39. The molecule has 20 heavy (non-hydrogen) atoms. The van der Waals surface area contributed by atoms with Gasteiger partial charge in [0.2, 0.25) is 0 Å². The Labute approximate surface area is 124 Å². The van der Waals surface area contributed by atoms with Crippen LogP contribution in [0.3, 0.4) is 0 Å². The minimum atomic E-state index is -0.412. The van der Waals surface area contributed by atoms with Gasteiger partial charge in [-0.05, 0) is 49.3 Å². The molecule has 0 amide bonds. The van der Waals surface area contributed by atoms with E-state index in [1.165, 1.54) is 12.1 Å². The number of benzene rings is 1. The maximum Gasteiger partial charge on any atom is 0.144 e. The van der Waals surface area contributed by atoms with E-state index in [1.54, 1.807) is 6.07 Å². The molecule has 2 nitrogen and oxygen atoms in total. The van der Waals surface area contributed by atoms with E-state index in [0.29, 0.717) is 23.0 Å². The monoisotopic (exact) mass is 297 g/mol. The third kappa shape index (κ3) is 3.21. The average molecular weight is 298 g/mol. The Bertz CT molecular complexity index is 495. The Morgan fingerprint density at radius 2 is 2.10 bits per heavy atom. The summed E-state index contributed by atoms with van der Waals surface area (Å²) in [5.74, 6) is 0.420. The first-order valence-corrected chi connectivity index (χ1v) is 7.52. The van der Waals surface area contributed by atoms with Crippen LogP contribution in [0.15, 0.2) is 18.2 Å². The standard InChI is InChI=1S/C16H21ClFNO/c1-11-4-6-16(10-19,7-5-11)15(20)8-12-2-3-13(18)9-14(12)17/h2-3,9,11H,4-8,10,19H2,1H3. The van der Waals surface area contributed by atoms with E-state index in [9.17, 15) is 9.18 Å². The summed E-state index contributed by atoms with van der Waals surface area (Å²) >= 11 is 6.00. The van der Waals surface area contributed by atoms with Gasteiger partial charge in [0.15, 0.2) is 0 Å². The van der Waals surface area contributed by atoms with E-state index >= 15 is 0 Å². The zero-order valence-corrected chi connectivity index (χ0v) is 12.5. The fourth-order valence-corrected chi connectivity index (χ4v) is 3.17. The molecule has 0 unspecified atom stereocenters. The van der Waals surface area contributed by atoms with Crippen molar-refractivity contribution < 1.29 is 9.18 Å². The summed E-state index contributed by atoms with van der Waals surface area (Å²) in [6, 6.07) is 4.18. The summed E-state index contributed by atoms with van der Waals surface area (Å²) in [5, 5.41) is 0.315. The van der Waals surface area contributed by atoms with Crippen molar-refractivity contribution in [2.75, 3.05) is 6.54 Å². The van der Waals surface area contributed by atoms with Crippen molar-refractivity contribution >= 4 is 17.4 Å². The first kappa shape index (κ1) is 15.5. The Morgan fingerprint density at radius 1 is 1.45 bits per heavy atom. The highest BCUT2D eigenvalue weighted by molar-refractivity contribution is 6.31. The molecule has 2 rings (SSSR count). The largest absolute Gasteiger partial charge is 0.329 e. The van der Waals surface area contributed by atoms with Gasteiger partial charge in [0.25, 0.3) is 0 Å². The van der Waals surface area contributed by atoms with Crippen LogP contribution in [0.25, 0.3) is 0 Å². The molecular formula is C16H21ClFNO. The SMILES string of the molecule is CC1CCC(CN)(C(=O)Cc2ccc(F)cc2Cl)CC1. The summed E-state index contributed by atoms with van der Waals surface area (Å²) in [5.41, 5.74) is 6.16. The zero-order valence-electron chi connectivity index (χ0n) is 11.8. The van der Waals surface area contributed by atoms with Crippen molar-refractivity contribution in [1.29, 1.82) is 0 Å². The first-order valence-electron chi connectivity index (χ1n) is 7.14. The van der Waals surface area contributed by atoms with Crippen molar-refractivity contribution in [3.05, 3.63) is 34.6 Å². The van der Waals surface area contributed by atoms with Crippen LogP contribution in [-0.2, 0) is 11.2 Å². The number of halogens is 2. The molecule has 1 aliphatic rings. The van der Waals surface area contributed by atoms with Crippen LogP contribution in [0.1, 0.15) is 38.2 Å². The fourth-order valence-electron chi connectivity index (χ4n) is 2.94.